The lowest BCUT2D eigenvalue weighted by Crippen LogP contribution is -2.24. The molecule has 0 spiro atoms. The van der Waals surface area contributed by atoms with Crippen molar-refractivity contribution in [2.24, 2.45) is 0 Å². The molecule has 0 radical (unpaired) electrons. The fourth-order valence-electron chi connectivity index (χ4n) is 3.35. The molecule has 3 heterocycles. The number of hydrogen-bond acceptors (Lipinski definition) is 5. The zero-order chi connectivity index (χ0) is 20.9. The van der Waals surface area contributed by atoms with Gasteiger partial charge in [-0.25, -0.2) is 9.37 Å². The number of hydrogen-bond donors (Lipinski definition) is 0. The van der Waals surface area contributed by atoms with E-state index in [1.165, 1.54) is 4.90 Å². The summed E-state index contributed by atoms with van der Waals surface area (Å²) in [6, 6.07) is 3.64. The van der Waals surface area contributed by atoms with Gasteiger partial charge in [-0.3, -0.25) is 9.48 Å². The summed E-state index contributed by atoms with van der Waals surface area (Å²) in [5.41, 5.74) is 1.47. The van der Waals surface area contributed by atoms with Crippen LogP contribution in [0.1, 0.15) is 22.6 Å². The van der Waals surface area contributed by atoms with E-state index < -0.39 is 5.82 Å². The topological polar surface area (TPSA) is 67.2 Å². The van der Waals surface area contributed by atoms with Crippen molar-refractivity contribution in [1.82, 2.24) is 24.6 Å². The molecule has 29 heavy (non-hydrogen) atoms. The Morgan fingerprint density at radius 1 is 1.31 bits per heavy atom. The Hall–Kier alpha value is -1.53. The average Bonchev–Trinajstić information content (AvgIpc) is 2.97. The molecule has 0 aliphatic carbocycles. The van der Waals surface area contributed by atoms with Crippen LogP contribution in [0.15, 0.2) is 16.6 Å². The van der Waals surface area contributed by atoms with Crippen molar-refractivity contribution in [3.05, 3.63) is 42.7 Å². The summed E-state index contributed by atoms with van der Waals surface area (Å²) >= 11 is 11.5. The maximum atomic E-state index is 14.8. The van der Waals surface area contributed by atoms with Gasteiger partial charge in [0.2, 0.25) is 5.28 Å². The largest absolute Gasteiger partial charge is 0.350 e. The van der Waals surface area contributed by atoms with Crippen molar-refractivity contribution >= 4 is 72.7 Å². The van der Waals surface area contributed by atoms with Crippen molar-refractivity contribution in [3.8, 4) is 0 Å². The van der Waals surface area contributed by atoms with E-state index in [0.29, 0.717) is 41.0 Å². The number of fused-ring (bicyclic) bond motifs is 2. The third kappa shape index (κ3) is 3.81. The molecule has 7 nitrogen and oxygen atoms in total. The Bertz CT molecular complexity index is 1140. The molecule has 3 aromatic rings. The number of benzene rings is 1. The first kappa shape index (κ1) is 20.7. The number of rotatable bonds is 2. The Balaban J connectivity index is 1.80. The van der Waals surface area contributed by atoms with Crippen LogP contribution in [-0.2, 0) is 13.1 Å². The third-order valence-electron chi connectivity index (χ3n) is 4.72. The van der Waals surface area contributed by atoms with Crippen LogP contribution in [0.2, 0.25) is 5.28 Å². The van der Waals surface area contributed by atoms with Crippen molar-refractivity contribution in [3.63, 3.8) is 0 Å². The average molecular weight is 594 g/mol. The maximum Gasteiger partial charge on any atom is 0.273 e. The molecule has 1 amide bonds. The summed E-state index contributed by atoms with van der Waals surface area (Å²) < 4.78 is 17.7. The molecule has 152 valence electrons. The molecule has 0 saturated carbocycles. The molecule has 1 aliphatic rings. The lowest BCUT2D eigenvalue weighted by molar-refractivity contribution is 0.0821. The van der Waals surface area contributed by atoms with Gasteiger partial charge in [-0.05, 0) is 68.7 Å². The second-order valence-corrected chi connectivity index (χ2v) is 9.21. The van der Waals surface area contributed by atoms with Crippen LogP contribution < -0.4 is 4.90 Å². The highest BCUT2D eigenvalue weighted by atomic mass is 127. The smallest absolute Gasteiger partial charge is 0.273 e. The first-order valence-electron chi connectivity index (χ1n) is 8.80. The molecule has 0 unspecified atom stereocenters. The second kappa shape index (κ2) is 7.95. The second-order valence-electron chi connectivity index (χ2n) is 6.92. The molecule has 1 aliphatic heterocycles. The lowest BCUT2D eigenvalue weighted by atomic mass is 10.2. The number of anilines is 1. The van der Waals surface area contributed by atoms with Crippen LogP contribution in [0, 0.1) is 9.39 Å². The molecule has 0 bridgehead atoms. The van der Waals surface area contributed by atoms with E-state index >= 15 is 0 Å². The summed E-state index contributed by atoms with van der Waals surface area (Å²) in [4.78, 5) is 24.3. The van der Waals surface area contributed by atoms with E-state index in [9.17, 15) is 9.18 Å². The van der Waals surface area contributed by atoms with E-state index in [4.69, 9.17) is 11.6 Å². The molecule has 1 aromatic carbocycles. The van der Waals surface area contributed by atoms with Crippen molar-refractivity contribution in [2.75, 3.05) is 25.5 Å². The van der Waals surface area contributed by atoms with Crippen LogP contribution in [0.5, 0.6) is 0 Å². The Morgan fingerprint density at radius 3 is 2.79 bits per heavy atom. The molecule has 11 heteroatoms. The number of aryl methyl sites for hydroxylation is 1. The minimum atomic E-state index is -0.462. The van der Waals surface area contributed by atoms with Gasteiger partial charge in [-0.1, -0.05) is 0 Å². The van der Waals surface area contributed by atoms with Gasteiger partial charge in [0, 0.05) is 36.1 Å². The summed E-state index contributed by atoms with van der Waals surface area (Å²) in [7, 11) is 3.39. The monoisotopic (exact) mass is 592 g/mol. The molecule has 0 saturated heterocycles. The van der Waals surface area contributed by atoms with Gasteiger partial charge < -0.3 is 9.80 Å². The number of aromatic nitrogens is 4. The molecule has 0 N–H and O–H groups in total. The number of halogens is 4. The van der Waals surface area contributed by atoms with E-state index in [2.05, 4.69) is 53.6 Å². The zero-order valence-corrected chi connectivity index (χ0v) is 20.1. The standard InChI is InChI=1S/C18H16BrClFIN6O/c1-26(2)17(29)12-6-9-8-27(4-3-5-28(9)25-12)16-10-7-11(22)13(19)14(21)15(10)23-18(20)24-16/h6-7H,3-5,8H2,1-2H3. The first-order valence-corrected chi connectivity index (χ1v) is 11.0. The molecule has 4 rings (SSSR count). The minimum absolute atomic E-state index is 0.0132. The number of nitrogens with zero attached hydrogens (tertiary/aromatic N) is 6. The molecule has 2 aromatic heterocycles. The highest BCUT2D eigenvalue weighted by Crippen LogP contribution is 2.35. The SMILES string of the molecule is CN(C)C(=O)c1cc2n(n1)CCCN(c1nc(Cl)nc3c(F)c(Br)c(I)cc13)C2. The number of amides is 1. The Kier molecular flexibility index (Phi) is 5.68. The predicted octanol–water partition coefficient (Wildman–Crippen LogP) is 4.10. The highest BCUT2D eigenvalue weighted by molar-refractivity contribution is 14.1. The zero-order valence-electron chi connectivity index (χ0n) is 15.6. The maximum absolute atomic E-state index is 14.8. The van der Waals surface area contributed by atoms with Gasteiger partial charge in [0.05, 0.1) is 16.7 Å². The van der Waals surface area contributed by atoms with Crippen LogP contribution in [0.25, 0.3) is 10.9 Å². The van der Waals surface area contributed by atoms with Crippen molar-refractivity contribution < 1.29 is 9.18 Å². The lowest BCUT2D eigenvalue weighted by Gasteiger charge is -2.23. The van der Waals surface area contributed by atoms with Crippen LogP contribution in [0.3, 0.4) is 0 Å². The van der Waals surface area contributed by atoms with Gasteiger partial charge >= 0.3 is 0 Å². The van der Waals surface area contributed by atoms with E-state index in [1.54, 1.807) is 20.2 Å². The Labute approximate surface area is 193 Å². The van der Waals surface area contributed by atoms with Crippen LogP contribution in [0.4, 0.5) is 10.2 Å². The number of carbonyl (C=O) groups excluding carboxylic acids is 1. The summed E-state index contributed by atoms with van der Waals surface area (Å²) in [5, 5.41) is 5.03. The van der Waals surface area contributed by atoms with E-state index in [0.717, 1.165) is 15.7 Å². The highest BCUT2D eigenvalue weighted by Gasteiger charge is 2.24. The fraction of sp³-hybridized carbons (Fsp3) is 0.333. The third-order valence-corrected chi connectivity index (χ3v) is 7.25. The normalized spacial score (nSPS) is 14.1. The molecule has 0 fully saturated rings. The van der Waals surface area contributed by atoms with Crippen molar-refractivity contribution in [1.29, 1.82) is 0 Å². The van der Waals surface area contributed by atoms with Crippen LogP contribution >= 0.6 is 50.1 Å². The summed E-state index contributed by atoms with van der Waals surface area (Å²) in [6.45, 7) is 1.85. The molecular weight excluding hydrogens is 577 g/mol. The Morgan fingerprint density at radius 2 is 2.07 bits per heavy atom. The van der Waals surface area contributed by atoms with E-state index in [1.807, 2.05) is 15.6 Å². The van der Waals surface area contributed by atoms with Crippen LogP contribution in [-0.4, -0.2) is 51.2 Å². The first-order chi connectivity index (χ1) is 13.8. The quantitative estimate of drug-likeness (QED) is 0.255. The van der Waals surface area contributed by atoms with Gasteiger partial charge in [0.1, 0.15) is 11.3 Å². The molecular formula is C18H16BrClFIN6O. The van der Waals surface area contributed by atoms with Gasteiger partial charge in [0.15, 0.2) is 11.5 Å². The summed E-state index contributed by atoms with van der Waals surface area (Å²) in [5.74, 6) is -0.0373. The minimum Gasteiger partial charge on any atom is -0.350 e. The van der Waals surface area contributed by atoms with Gasteiger partial charge in [-0.15, -0.1) is 0 Å². The van der Waals surface area contributed by atoms with Gasteiger partial charge in [0.25, 0.3) is 5.91 Å². The van der Waals surface area contributed by atoms with Gasteiger partial charge in [-0.2, -0.15) is 10.1 Å². The number of carbonyl (C=O) groups is 1. The fourth-order valence-corrected chi connectivity index (χ4v) is 4.36. The predicted molar refractivity (Wildman–Crippen MR) is 121 cm³/mol. The van der Waals surface area contributed by atoms with E-state index in [-0.39, 0.29) is 16.7 Å². The molecule has 0 atom stereocenters. The summed E-state index contributed by atoms with van der Waals surface area (Å²) in [6.07, 6.45) is 0.795. The van der Waals surface area contributed by atoms with Crippen molar-refractivity contribution in [2.45, 2.75) is 19.5 Å².